The van der Waals surface area contributed by atoms with Crippen LogP contribution in [-0.4, -0.2) is 22.1 Å². The van der Waals surface area contributed by atoms with Crippen molar-refractivity contribution in [2.45, 2.75) is 18.5 Å². The Labute approximate surface area is 153 Å². The van der Waals surface area contributed by atoms with Crippen molar-refractivity contribution in [1.29, 1.82) is 0 Å². The molecule has 1 amide bonds. The van der Waals surface area contributed by atoms with Crippen LogP contribution in [0.5, 0.6) is 0 Å². The smallest absolute Gasteiger partial charge is 0.256 e. The van der Waals surface area contributed by atoms with Gasteiger partial charge in [0.25, 0.3) is 5.91 Å². The van der Waals surface area contributed by atoms with Gasteiger partial charge in [0.1, 0.15) is 10.8 Å². The molecule has 0 spiro atoms. The Morgan fingerprint density at radius 3 is 2.72 bits per heavy atom. The zero-order chi connectivity index (χ0) is 17.8. The van der Waals surface area contributed by atoms with Crippen LogP contribution < -0.4 is 5.32 Å². The fourth-order valence-electron chi connectivity index (χ4n) is 2.38. The summed E-state index contributed by atoms with van der Waals surface area (Å²) < 4.78 is 13.7. The Morgan fingerprint density at radius 2 is 2.04 bits per heavy atom. The average molecular weight is 373 g/mol. The van der Waals surface area contributed by atoms with E-state index in [4.69, 9.17) is 0 Å². The number of carbonyl (C=O) groups excluding carboxylic acids is 1. The number of nitrogens with zero attached hydrogens (tertiary/aromatic N) is 2. The summed E-state index contributed by atoms with van der Waals surface area (Å²) in [5, 5.41) is 5.33. The molecule has 2 heterocycles. The maximum Gasteiger partial charge on any atom is 0.256 e. The van der Waals surface area contributed by atoms with Crippen molar-refractivity contribution in [3.05, 3.63) is 64.4 Å². The lowest BCUT2D eigenvalue weighted by Gasteiger charge is -2.12. The van der Waals surface area contributed by atoms with Gasteiger partial charge in [-0.3, -0.25) is 4.79 Å². The zero-order valence-corrected chi connectivity index (χ0v) is 15.4. The fraction of sp³-hybridized carbons (Fsp3) is 0.167. The summed E-state index contributed by atoms with van der Waals surface area (Å²) in [6.07, 6.45) is 1.87. The lowest BCUT2D eigenvalue weighted by Crippen LogP contribution is -2.25. The Bertz CT molecular complexity index is 897. The number of halogens is 1. The molecular weight excluding hydrogens is 357 g/mol. The average Bonchev–Trinajstić information content (AvgIpc) is 3.14. The van der Waals surface area contributed by atoms with Crippen molar-refractivity contribution in [3.63, 3.8) is 0 Å². The number of hydrogen-bond donors (Lipinski definition) is 1. The zero-order valence-electron chi connectivity index (χ0n) is 13.7. The third kappa shape index (κ3) is 3.88. The molecule has 4 nitrogen and oxygen atoms in total. The molecule has 7 heteroatoms. The first-order valence-electron chi connectivity index (χ1n) is 7.58. The monoisotopic (exact) mass is 373 g/mol. The van der Waals surface area contributed by atoms with E-state index in [9.17, 15) is 9.18 Å². The largest absolute Gasteiger partial charge is 0.348 e. The van der Waals surface area contributed by atoms with Crippen LogP contribution in [0.15, 0.2) is 46.8 Å². The normalized spacial score (nSPS) is 10.7. The molecule has 128 valence electrons. The topological polar surface area (TPSA) is 54.9 Å². The number of carbonyl (C=O) groups is 1. The second-order valence-corrected chi connectivity index (χ2v) is 7.01. The number of hydrogen-bond acceptors (Lipinski definition) is 5. The van der Waals surface area contributed by atoms with Crippen LogP contribution in [0, 0.1) is 12.7 Å². The van der Waals surface area contributed by atoms with Gasteiger partial charge < -0.3 is 5.32 Å². The molecule has 0 radical (unpaired) electrons. The van der Waals surface area contributed by atoms with E-state index in [1.54, 1.807) is 36.5 Å². The van der Waals surface area contributed by atoms with Gasteiger partial charge in [-0.15, -0.1) is 23.1 Å². The predicted octanol–water partition coefficient (Wildman–Crippen LogP) is 4.30. The molecule has 0 fully saturated rings. The van der Waals surface area contributed by atoms with E-state index >= 15 is 0 Å². The Balaban J connectivity index is 1.86. The van der Waals surface area contributed by atoms with Crippen molar-refractivity contribution in [3.8, 4) is 10.7 Å². The number of rotatable bonds is 5. The van der Waals surface area contributed by atoms with E-state index in [0.29, 0.717) is 27.7 Å². The molecule has 0 unspecified atom stereocenters. The first kappa shape index (κ1) is 17.6. The first-order valence-corrected chi connectivity index (χ1v) is 9.68. The van der Waals surface area contributed by atoms with E-state index in [0.717, 1.165) is 4.88 Å². The third-order valence-electron chi connectivity index (χ3n) is 3.62. The van der Waals surface area contributed by atoms with E-state index in [1.807, 2.05) is 23.8 Å². The van der Waals surface area contributed by atoms with Crippen LogP contribution >= 0.6 is 23.1 Å². The molecule has 25 heavy (non-hydrogen) atoms. The number of aromatic nitrogens is 2. The number of benzene rings is 1. The summed E-state index contributed by atoms with van der Waals surface area (Å²) in [4.78, 5) is 22.5. The lowest BCUT2D eigenvalue weighted by molar-refractivity contribution is 0.0946. The van der Waals surface area contributed by atoms with Crippen molar-refractivity contribution in [1.82, 2.24) is 15.3 Å². The highest BCUT2D eigenvalue weighted by molar-refractivity contribution is 7.98. The highest BCUT2D eigenvalue weighted by Gasteiger charge is 2.19. The van der Waals surface area contributed by atoms with Crippen LogP contribution in [-0.2, 0) is 6.54 Å². The summed E-state index contributed by atoms with van der Waals surface area (Å²) in [5.74, 6) is -0.0285. The third-order valence-corrected chi connectivity index (χ3v) is 5.16. The van der Waals surface area contributed by atoms with Gasteiger partial charge in [0.15, 0.2) is 5.82 Å². The van der Waals surface area contributed by atoms with E-state index in [2.05, 4.69) is 15.3 Å². The lowest BCUT2D eigenvalue weighted by atomic mass is 10.2. The fourth-order valence-corrected chi connectivity index (χ4v) is 3.66. The van der Waals surface area contributed by atoms with Crippen LogP contribution in [0.2, 0.25) is 0 Å². The van der Waals surface area contributed by atoms with Crippen LogP contribution in [0.1, 0.15) is 21.6 Å². The quantitative estimate of drug-likeness (QED) is 0.535. The van der Waals surface area contributed by atoms with Crippen molar-refractivity contribution < 1.29 is 9.18 Å². The summed E-state index contributed by atoms with van der Waals surface area (Å²) >= 11 is 2.94. The SMILES string of the molecule is CSc1nc(-c2cccs2)nc(C)c1C(=O)NCc1ccccc1F. The van der Waals surface area contributed by atoms with E-state index in [-0.39, 0.29) is 18.3 Å². The van der Waals surface area contributed by atoms with Gasteiger partial charge in [0.05, 0.1) is 16.1 Å². The van der Waals surface area contributed by atoms with Crippen molar-refractivity contribution in [2.24, 2.45) is 0 Å². The minimum absolute atomic E-state index is 0.117. The molecule has 1 N–H and O–H groups in total. The second-order valence-electron chi connectivity index (χ2n) is 5.27. The van der Waals surface area contributed by atoms with Gasteiger partial charge >= 0.3 is 0 Å². The second kappa shape index (κ2) is 7.76. The number of amides is 1. The highest BCUT2D eigenvalue weighted by atomic mass is 32.2. The number of thioether (sulfide) groups is 1. The number of aryl methyl sites for hydroxylation is 1. The van der Waals surface area contributed by atoms with Gasteiger partial charge in [-0.2, -0.15) is 0 Å². The van der Waals surface area contributed by atoms with Gasteiger partial charge in [-0.05, 0) is 30.7 Å². The molecule has 1 aromatic carbocycles. The molecule has 0 saturated heterocycles. The first-order chi connectivity index (χ1) is 12.1. The molecule has 3 rings (SSSR count). The van der Waals surface area contributed by atoms with Crippen molar-refractivity contribution >= 4 is 29.0 Å². The molecule has 0 aliphatic heterocycles. The van der Waals surface area contributed by atoms with Crippen LogP contribution in [0.3, 0.4) is 0 Å². The highest BCUT2D eigenvalue weighted by Crippen LogP contribution is 2.27. The standard InChI is InChI=1S/C18H16FN3OS2/c1-11-15(17(23)20-10-12-6-3-4-7-13(12)19)18(24-2)22-16(21-11)14-8-5-9-25-14/h3-9H,10H2,1-2H3,(H,20,23). The molecule has 0 atom stereocenters. The molecule has 0 bridgehead atoms. The van der Waals surface area contributed by atoms with Crippen LogP contribution in [0.4, 0.5) is 4.39 Å². The molecular formula is C18H16FN3OS2. The van der Waals surface area contributed by atoms with Gasteiger partial charge in [0.2, 0.25) is 0 Å². The molecule has 2 aromatic heterocycles. The summed E-state index contributed by atoms with van der Waals surface area (Å²) in [7, 11) is 0. The van der Waals surface area contributed by atoms with Gasteiger partial charge in [-0.25, -0.2) is 14.4 Å². The minimum Gasteiger partial charge on any atom is -0.348 e. The summed E-state index contributed by atoms with van der Waals surface area (Å²) in [5.41, 5.74) is 1.48. The molecule has 3 aromatic rings. The van der Waals surface area contributed by atoms with E-state index < -0.39 is 0 Å². The van der Waals surface area contributed by atoms with Gasteiger partial charge in [-0.1, -0.05) is 24.3 Å². The summed E-state index contributed by atoms with van der Waals surface area (Å²) in [6.45, 7) is 1.90. The van der Waals surface area contributed by atoms with E-state index in [1.165, 1.54) is 17.8 Å². The summed E-state index contributed by atoms with van der Waals surface area (Å²) in [6, 6.07) is 10.3. The van der Waals surface area contributed by atoms with Crippen molar-refractivity contribution in [2.75, 3.05) is 6.26 Å². The Hall–Kier alpha value is -2.25. The maximum absolute atomic E-state index is 13.7. The minimum atomic E-state index is -0.339. The molecule has 0 aliphatic rings. The van der Waals surface area contributed by atoms with Crippen LogP contribution in [0.25, 0.3) is 10.7 Å². The Morgan fingerprint density at radius 1 is 1.24 bits per heavy atom. The number of thiophene rings is 1. The Kier molecular flexibility index (Phi) is 5.45. The predicted molar refractivity (Wildman–Crippen MR) is 99.4 cm³/mol. The maximum atomic E-state index is 13.7. The molecule has 0 saturated carbocycles. The van der Waals surface area contributed by atoms with Gasteiger partial charge in [0, 0.05) is 12.1 Å². The number of nitrogens with one attached hydrogen (secondary N) is 1. The molecule has 0 aliphatic carbocycles.